The molecule has 1 aromatic carbocycles. The lowest BCUT2D eigenvalue weighted by Crippen LogP contribution is -2.29. The summed E-state index contributed by atoms with van der Waals surface area (Å²) in [7, 11) is 1.21. The van der Waals surface area contributed by atoms with Crippen molar-refractivity contribution in [3.05, 3.63) is 46.9 Å². The van der Waals surface area contributed by atoms with Crippen molar-refractivity contribution < 1.29 is 27.1 Å². The number of nitrogens with one attached hydrogen (secondary N) is 1. The Morgan fingerprint density at radius 3 is 2.54 bits per heavy atom. The second kappa shape index (κ2) is 7.47. The first-order chi connectivity index (χ1) is 12.1. The Hall–Kier alpha value is -3.02. The van der Waals surface area contributed by atoms with Crippen LogP contribution in [0.15, 0.2) is 24.3 Å². The topological polar surface area (TPSA) is 56.1 Å². The monoisotopic (exact) mass is 369 g/mol. The number of ether oxygens (including phenoxy) is 1. The summed E-state index contributed by atoms with van der Waals surface area (Å²) in [6, 6.07) is 4.54. The predicted octanol–water partition coefficient (Wildman–Crippen LogP) is 3.08. The molecule has 0 aliphatic carbocycles. The molecule has 0 aliphatic rings. The van der Waals surface area contributed by atoms with E-state index in [1.165, 1.54) is 31.3 Å². The molecular formula is C17H15F4N3O2. The van der Waals surface area contributed by atoms with Crippen LogP contribution in [0.4, 0.5) is 17.6 Å². The lowest BCUT2D eigenvalue weighted by atomic mass is 10.1. The molecule has 0 aliphatic heterocycles. The molecule has 0 fully saturated rings. The fraction of sp³-hybridized carbons (Fsp3) is 0.294. The van der Waals surface area contributed by atoms with Crippen LogP contribution in [0.2, 0.25) is 0 Å². The van der Waals surface area contributed by atoms with Gasteiger partial charge < -0.3 is 10.1 Å². The first-order valence-corrected chi connectivity index (χ1v) is 7.42. The molecule has 0 spiro atoms. The number of carbonyl (C=O) groups excluding carboxylic acids is 1. The lowest BCUT2D eigenvalue weighted by Gasteiger charge is -2.15. The van der Waals surface area contributed by atoms with Crippen LogP contribution in [0.5, 0.6) is 5.88 Å². The van der Waals surface area contributed by atoms with E-state index in [9.17, 15) is 22.4 Å². The van der Waals surface area contributed by atoms with Crippen molar-refractivity contribution in [1.29, 1.82) is 0 Å². The fourth-order valence-electron chi connectivity index (χ4n) is 2.29. The van der Waals surface area contributed by atoms with Gasteiger partial charge in [0, 0.05) is 7.05 Å². The first-order valence-electron chi connectivity index (χ1n) is 7.42. The van der Waals surface area contributed by atoms with Gasteiger partial charge in [-0.2, -0.15) is 18.3 Å². The highest BCUT2D eigenvalue weighted by Crippen LogP contribution is 2.35. The van der Waals surface area contributed by atoms with Gasteiger partial charge in [0.15, 0.2) is 12.3 Å². The van der Waals surface area contributed by atoms with E-state index in [1.54, 1.807) is 6.92 Å². The smallest absolute Gasteiger partial charge is 0.436 e. The molecule has 1 N–H and O–H groups in total. The summed E-state index contributed by atoms with van der Waals surface area (Å²) in [6.07, 6.45) is 0.196. The van der Waals surface area contributed by atoms with Crippen molar-refractivity contribution >= 4 is 5.91 Å². The predicted molar refractivity (Wildman–Crippen MR) is 84.8 cm³/mol. The molecule has 9 heteroatoms. The largest absolute Gasteiger partial charge is 0.464 e. The van der Waals surface area contributed by atoms with E-state index in [1.807, 2.05) is 0 Å². The zero-order chi connectivity index (χ0) is 19.5. The van der Waals surface area contributed by atoms with Gasteiger partial charge in [0.1, 0.15) is 11.4 Å². The summed E-state index contributed by atoms with van der Waals surface area (Å²) in [5.74, 6) is 0.226. The number of carbonyl (C=O) groups is 1. The third kappa shape index (κ3) is 4.14. The molecule has 2 rings (SSSR count). The Morgan fingerprint density at radius 1 is 1.38 bits per heavy atom. The summed E-state index contributed by atoms with van der Waals surface area (Å²) in [5.41, 5.74) is -1.62. The average Bonchev–Trinajstić information content (AvgIpc) is 2.90. The van der Waals surface area contributed by atoms with Crippen molar-refractivity contribution in [2.45, 2.75) is 19.1 Å². The summed E-state index contributed by atoms with van der Waals surface area (Å²) in [6.45, 7) is 1.22. The molecular weight excluding hydrogens is 354 g/mol. The highest BCUT2D eigenvalue weighted by molar-refractivity contribution is 5.98. The Labute approximate surface area is 147 Å². The van der Waals surface area contributed by atoms with Gasteiger partial charge in [0.2, 0.25) is 5.88 Å². The minimum Gasteiger partial charge on any atom is -0.464 e. The van der Waals surface area contributed by atoms with Gasteiger partial charge in [-0.3, -0.25) is 4.79 Å². The van der Waals surface area contributed by atoms with Crippen LogP contribution in [0.25, 0.3) is 0 Å². The number of benzene rings is 1. The standard InChI is InChI=1S/C17H15F4N3O2/c1-4-9-26-16-13(14(17(19,20)21)23-24(16)3)15(25)22-10(2)11-5-7-12(18)8-6-11/h1,5-8,10H,9H2,2-3H3,(H,22,25)/t10-/m0/s1. The first kappa shape index (κ1) is 19.3. The summed E-state index contributed by atoms with van der Waals surface area (Å²) < 4.78 is 58.6. The molecule has 1 amide bonds. The molecule has 0 saturated carbocycles. The van der Waals surface area contributed by atoms with Crippen molar-refractivity contribution in [1.82, 2.24) is 15.1 Å². The van der Waals surface area contributed by atoms with Gasteiger partial charge >= 0.3 is 6.18 Å². The Balaban J connectivity index is 2.37. The zero-order valence-electron chi connectivity index (χ0n) is 13.9. The van der Waals surface area contributed by atoms with Crippen LogP contribution in [-0.2, 0) is 13.2 Å². The molecule has 0 unspecified atom stereocenters. The maximum atomic E-state index is 13.2. The van der Waals surface area contributed by atoms with Gasteiger partial charge in [-0.25, -0.2) is 9.07 Å². The molecule has 1 heterocycles. The van der Waals surface area contributed by atoms with E-state index in [0.717, 1.165) is 4.68 Å². The number of rotatable bonds is 5. The second-order valence-electron chi connectivity index (χ2n) is 5.39. The molecule has 0 saturated heterocycles. The van der Waals surface area contributed by atoms with Crippen molar-refractivity contribution in [3.8, 4) is 18.2 Å². The third-order valence-corrected chi connectivity index (χ3v) is 3.50. The maximum Gasteiger partial charge on any atom is 0.436 e. The van der Waals surface area contributed by atoms with Crippen LogP contribution in [0, 0.1) is 18.2 Å². The number of aryl methyl sites for hydroxylation is 1. The van der Waals surface area contributed by atoms with Crippen LogP contribution < -0.4 is 10.1 Å². The molecule has 1 aromatic heterocycles. The maximum absolute atomic E-state index is 13.2. The number of amides is 1. The fourth-order valence-corrected chi connectivity index (χ4v) is 2.29. The van der Waals surface area contributed by atoms with Crippen LogP contribution in [0.3, 0.4) is 0 Å². The minimum absolute atomic E-state index is 0.329. The summed E-state index contributed by atoms with van der Waals surface area (Å²) in [4.78, 5) is 12.5. The summed E-state index contributed by atoms with van der Waals surface area (Å²) >= 11 is 0. The molecule has 5 nitrogen and oxygen atoms in total. The Kier molecular flexibility index (Phi) is 5.55. The Morgan fingerprint density at radius 2 is 2.00 bits per heavy atom. The normalized spacial score (nSPS) is 12.3. The zero-order valence-corrected chi connectivity index (χ0v) is 13.9. The highest BCUT2D eigenvalue weighted by atomic mass is 19.4. The highest BCUT2D eigenvalue weighted by Gasteiger charge is 2.42. The molecule has 138 valence electrons. The van der Waals surface area contributed by atoms with Crippen LogP contribution >= 0.6 is 0 Å². The molecule has 0 radical (unpaired) electrons. The van der Waals surface area contributed by atoms with E-state index in [0.29, 0.717) is 5.56 Å². The molecule has 0 bridgehead atoms. The van der Waals surface area contributed by atoms with Gasteiger partial charge in [-0.05, 0) is 24.6 Å². The lowest BCUT2D eigenvalue weighted by molar-refractivity contribution is -0.141. The van der Waals surface area contributed by atoms with Gasteiger partial charge in [0.25, 0.3) is 5.91 Å². The number of alkyl halides is 3. The Bertz CT molecular complexity index is 835. The van der Waals surface area contributed by atoms with E-state index in [2.05, 4.69) is 16.3 Å². The van der Waals surface area contributed by atoms with Crippen molar-refractivity contribution in [2.24, 2.45) is 7.05 Å². The SMILES string of the molecule is C#CCOc1c(C(=O)N[C@@H](C)c2ccc(F)cc2)c(C(F)(F)F)nn1C. The van der Waals surface area contributed by atoms with Crippen molar-refractivity contribution in [3.63, 3.8) is 0 Å². The van der Waals surface area contributed by atoms with Gasteiger partial charge in [0.05, 0.1) is 6.04 Å². The number of halogens is 4. The molecule has 1 atom stereocenters. The van der Waals surface area contributed by atoms with Crippen LogP contribution in [0.1, 0.15) is 34.6 Å². The number of hydrogen-bond donors (Lipinski definition) is 1. The third-order valence-electron chi connectivity index (χ3n) is 3.50. The second-order valence-corrected chi connectivity index (χ2v) is 5.39. The quantitative estimate of drug-likeness (QED) is 0.651. The van der Waals surface area contributed by atoms with Crippen molar-refractivity contribution in [2.75, 3.05) is 6.61 Å². The number of hydrogen-bond acceptors (Lipinski definition) is 3. The number of aromatic nitrogens is 2. The molecule has 26 heavy (non-hydrogen) atoms. The van der Waals surface area contributed by atoms with Gasteiger partial charge in [-0.1, -0.05) is 18.1 Å². The minimum atomic E-state index is -4.86. The van der Waals surface area contributed by atoms with Gasteiger partial charge in [-0.15, -0.1) is 6.42 Å². The number of terminal acetylenes is 1. The van der Waals surface area contributed by atoms with E-state index in [-0.39, 0.29) is 12.5 Å². The number of nitrogens with zero attached hydrogens (tertiary/aromatic N) is 2. The van der Waals surface area contributed by atoms with E-state index < -0.39 is 35.2 Å². The average molecular weight is 369 g/mol. The summed E-state index contributed by atoms with van der Waals surface area (Å²) in [5, 5.41) is 5.76. The molecule has 2 aromatic rings. The van der Waals surface area contributed by atoms with E-state index in [4.69, 9.17) is 11.2 Å². The van der Waals surface area contributed by atoms with Crippen LogP contribution in [-0.4, -0.2) is 22.3 Å². The van der Waals surface area contributed by atoms with E-state index >= 15 is 0 Å².